The van der Waals surface area contributed by atoms with E-state index in [2.05, 4.69) is 10.1 Å². The van der Waals surface area contributed by atoms with Gasteiger partial charge in [-0.2, -0.15) is 4.98 Å². The topological polar surface area (TPSA) is 110 Å². The maximum Gasteiger partial charge on any atom is 0.323 e. The number of amides is 1. The summed E-state index contributed by atoms with van der Waals surface area (Å²) in [5.41, 5.74) is 0. The first kappa shape index (κ1) is 15.7. The number of carboxylic acid groups (broad SMARTS) is 1. The fourth-order valence-corrected chi connectivity index (χ4v) is 1.96. The first-order valence-corrected chi connectivity index (χ1v) is 6.96. The Morgan fingerprint density at radius 1 is 1.41 bits per heavy atom. The minimum atomic E-state index is -1.03. The van der Waals surface area contributed by atoms with Crippen LogP contribution in [0.1, 0.15) is 25.7 Å². The van der Waals surface area contributed by atoms with Crippen LogP contribution >= 0.6 is 0 Å². The van der Waals surface area contributed by atoms with Crippen LogP contribution in [-0.2, 0) is 16.0 Å². The first-order valence-electron chi connectivity index (χ1n) is 6.96. The number of hydrogen-bond donors (Lipinski definition) is 1. The molecule has 0 bridgehead atoms. The van der Waals surface area contributed by atoms with E-state index in [1.165, 1.54) is 11.2 Å². The number of aryl methyl sites for hydroxylation is 1. The van der Waals surface area contributed by atoms with Gasteiger partial charge in [0.05, 0.1) is 6.26 Å². The van der Waals surface area contributed by atoms with Gasteiger partial charge in [0.25, 0.3) is 0 Å². The minimum Gasteiger partial charge on any atom is -0.480 e. The van der Waals surface area contributed by atoms with Crippen molar-refractivity contribution in [2.75, 3.05) is 13.1 Å². The third kappa shape index (κ3) is 4.18. The van der Waals surface area contributed by atoms with E-state index in [0.29, 0.717) is 30.4 Å². The second-order valence-corrected chi connectivity index (χ2v) is 4.70. The number of furan rings is 1. The molecule has 0 atom stereocenters. The molecule has 1 amide bonds. The van der Waals surface area contributed by atoms with E-state index in [-0.39, 0.29) is 25.3 Å². The van der Waals surface area contributed by atoms with E-state index in [9.17, 15) is 9.59 Å². The molecule has 22 heavy (non-hydrogen) atoms. The third-order valence-corrected chi connectivity index (χ3v) is 2.93. The average molecular weight is 307 g/mol. The van der Waals surface area contributed by atoms with Crippen molar-refractivity contribution in [3.05, 3.63) is 24.3 Å². The van der Waals surface area contributed by atoms with Crippen molar-refractivity contribution >= 4 is 11.9 Å². The number of nitrogens with zero attached hydrogens (tertiary/aromatic N) is 3. The molecule has 0 aliphatic carbocycles. The fourth-order valence-electron chi connectivity index (χ4n) is 1.96. The van der Waals surface area contributed by atoms with E-state index < -0.39 is 5.97 Å². The number of aliphatic carboxylic acids is 1. The minimum absolute atomic E-state index is 0.118. The van der Waals surface area contributed by atoms with Gasteiger partial charge >= 0.3 is 5.97 Å². The molecule has 8 nitrogen and oxygen atoms in total. The van der Waals surface area contributed by atoms with E-state index in [4.69, 9.17) is 14.0 Å². The highest BCUT2D eigenvalue weighted by molar-refractivity contribution is 5.81. The maximum absolute atomic E-state index is 12.0. The molecule has 2 heterocycles. The van der Waals surface area contributed by atoms with Gasteiger partial charge in [0.15, 0.2) is 5.76 Å². The zero-order chi connectivity index (χ0) is 15.9. The van der Waals surface area contributed by atoms with Crippen molar-refractivity contribution in [1.82, 2.24) is 15.0 Å². The molecule has 2 rings (SSSR count). The lowest BCUT2D eigenvalue weighted by Gasteiger charge is -2.19. The highest BCUT2D eigenvalue weighted by Gasteiger charge is 2.18. The molecular weight excluding hydrogens is 290 g/mol. The lowest BCUT2D eigenvalue weighted by molar-refractivity contribution is -0.144. The Kier molecular flexibility index (Phi) is 5.29. The van der Waals surface area contributed by atoms with Crippen LogP contribution in [0, 0.1) is 0 Å². The standard InChI is InChI=1S/C14H17N3O5/c1-2-7-17(9-13(19)20)12(18)6-5-11-15-14(16-22-11)10-4-3-8-21-10/h3-4,8H,2,5-7,9H2,1H3,(H,19,20). The van der Waals surface area contributed by atoms with Crippen LogP contribution < -0.4 is 0 Å². The molecule has 0 unspecified atom stereocenters. The zero-order valence-corrected chi connectivity index (χ0v) is 12.2. The molecule has 0 saturated carbocycles. The van der Waals surface area contributed by atoms with Gasteiger partial charge in [0, 0.05) is 19.4 Å². The molecule has 0 aliphatic heterocycles. The largest absolute Gasteiger partial charge is 0.480 e. The second kappa shape index (κ2) is 7.39. The van der Waals surface area contributed by atoms with Gasteiger partial charge in [-0.3, -0.25) is 9.59 Å². The predicted octanol–water partition coefficient (Wildman–Crippen LogP) is 1.59. The summed E-state index contributed by atoms with van der Waals surface area (Å²) in [7, 11) is 0. The van der Waals surface area contributed by atoms with E-state index in [1.54, 1.807) is 12.1 Å². The van der Waals surface area contributed by atoms with Crippen LogP contribution in [0.4, 0.5) is 0 Å². The summed E-state index contributed by atoms with van der Waals surface area (Å²) in [5.74, 6) is -0.156. The Balaban J connectivity index is 1.91. The highest BCUT2D eigenvalue weighted by Crippen LogP contribution is 2.16. The van der Waals surface area contributed by atoms with E-state index in [0.717, 1.165) is 0 Å². The van der Waals surface area contributed by atoms with Crippen LogP contribution in [-0.4, -0.2) is 45.1 Å². The number of rotatable bonds is 8. The molecule has 2 aromatic heterocycles. The summed E-state index contributed by atoms with van der Waals surface area (Å²) in [5, 5.41) is 12.6. The molecule has 8 heteroatoms. The van der Waals surface area contributed by atoms with Crippen LogP contribution in [0.25, 0.3) is 11.6 Å². The number of carbonyl (C=O) groups is 2. The molecule has 0 aliphatic rings. The number of aromatic nitrogens is 2. The van der Waals surface area contributed by atoms with Gasteiger partial charge in [-0.1, -0.05) is 12.1 Å². The molecule has 0 aromatic carbocycles. The predicted molar refractivity (Wildman–Crippen MR) is 74.8 cm³/mol. The van der Waals surface area contributed by atoms with Crippen LogP contribution in [0.2, 0.25) is 0 Å². The normalized spacial score (nSPS) is 10.6. The molecule has 2 aromatic rings. The summed E-state index contributed by atoms with van der Waals surface area (Å²) in [6.45, 7) is 2.00. The third-order valence-electron chi connectivity index (χ3n) is 2.93. The SMILES string of the molecule is CCCN(CC(=O)O)C(=O)CCc1nc(-c2ccco2)no1. The highest BCUT2D eigenvalue weighted by atomic mass is 16.5. The number of hydrogen-bond acceptors (Lipinski definition) is 6. The quantitative estimate of drug-likeness (QED) is 0.788. The van der Waals surface area contributed by atoms with Gasteiger partial charge in [0.2, 0.25) is 17.6 Å². The molecule has 118 valence electrons. The van der Waals surface area contributed by atoms with Gasteiger partial charge in [0.1, 0.15) is 6.54 Å². The lowest BCUT2D eigenvalue weighted by atomic mass is 10.2. The zero-order valence-electron chi connectivity index (χ0n) is 12.2. The van der Waals surface area contributed by atoms with Crippen LogP contribution in [0.3, 0.4) is 0 Å². The van der Waals surface area contributed by atoms with Gasteiger partial charge in [-0.25, -0.2) is 0 Å². The van der Waals surface area contributed by atoms with Crippen LogP contribution in [0.5, 0.6) is 0 Å². The average Bonchev–Trinajstić information content (AvgIpc) is 3.14. The first-order chi connectivity index (χ1) is 10.6. The second-order valence-electron chi connectivity index (χ2n) is 4.70. The van der Waals surface area contributed by atoms with E-state index >= 15 is 0 Å². The molecule has 0 saturated heterocycles. The van der Waals surface area contributed by atoms with Crippen molar-refractivity contribution in [2.24, 2.45) is 0 Å². The van der Waals surface area contributed by atoms with Crippen molar-refractivity contribution in [3.8, 4) is 11.6 Å². The van der Waals surface area contributed by atoms with Crippen molar-refractivity contribution in [3.63, 3.8) is 0 Å². The summed E-state index contributed by atoms with van der Waals surface area (Å²) in [6, 6.07) is 3.42. The van der Waals surface area contributed by atoms with Gasteiger partial charge < -0.3 is 18.9 Å². The number of carbonyl (C=O) groups excluding carboxylic acids is 1. The smallest absolute Gasteiger partial charge is 0.323 e. The summed E-state index contributed by atoms with van der Waals surface area (Å²) < 4.78 is 10.2. The Morgan fingerprint density at radius 2 is 2.23 bits per heavy atom. The summed E-state index contributed by atoms with van der Waals surface area (Å²) in [4.78, 5) is 28.2. The Hall–Kier alpha value is -2.64. The Labute approximate surface area is 126 Å². The van der Waals surface area contributed by atoms with Gasteiger partial charge in [-0.05, 0) is 18.6 Å². The monoisotopic (exact) mass is 307 g/mol. The summed E-state index contributed by atoms with van der Waals surface area (Å²) in [6.07, 6.45) is 2.57. The molecule has 0 fully saturated rings. The fraction of sp³-hybridized carbons (Fsp3) is 0.429. The van der Waals surface area contributed by atoms with E-state index in [1.807, 2.05) is 6.92 Å². The molecule has 0 spiro atoms. The van der Waals surface area contributed by atoms with Crippen LogP contribution in [0.15, 0.2) is 27.3 Å². The lowest BCUT2D eigenvalue weighted by Crippen LogP contribution is -2.36. The number of carboxylic acids is 1. The summed E-state index contributed by atoms with van der Waals surface area (Å²) >= 11 is 0. The van der Waals surface area contributed by atoms with Gasteiger partial charge in [-0.15, -0.1) is 0 Å². The van der Waals surface area contributed by atoms with Crippen molar-refractivity contribution in [2.45, 2.75) is 26.2 Å². The molecular formula is C14H17N3O5. The molecule has 1 N–H and O–H groups in total. The Morgan fingerprint density at radius 3 is 2.86 bits per heavy atom. The maximum atomic E-state index is 12.0. The Bertz CT molecular complexity index is 620. The van der Waals surface area contributed by atoms with Crippen molar-refractivity contribution < 1.29 is 23.6 Å². The van der Waals surface area contributed by atoms with Crippen molar-refractivity contribution in [1.29, 1.82) is 0 Å². The molecule has 0 radical (unpaired) electrons.